The van der Waals surface area contributed by atoms with Gasteiger partial charge in [0.25, 0.3) is 0 Å². The molecule has 0 unspecified atom stereocenters. The molecule has 0 saturated heterocycles. The van der Waals surface area contributed by atoms with E-state index in [9.17, 15) is 21.6 Å². The fourth-order valence-corrected chi connectivity index (χ4v) is 3.87. The Hall–Kier alpha value is -2.20. The number of hydrogen-bond acceptors (Lipinski definition) is 7. The average Bonchev–Trinajstić information content (AvgIpc) is 2.84. The second kappa shape index (κ2) is 6.60. The zero-order chi connectivity index (χ0) is 19.0. The molecule has 1 aromatic carbocycles. The van der Waals surface area contributed by atoms with E-state index < -0.39 is 31.2 Å². The van der Waals surface area contributed by atoms with Gasteiger partial charge in [0.1, 0.15) is 5.56 Å². The maximum Gasteiger partial charge on any atom is 0.222 e. The van der Waals surface area contributed by atoms with Gasteiger partial charge in [0.15, 0.2) is 25.5 Å². The van der Waals surface area contributed by atoms with Crippen molar-refractivity contribution in [2.24, 2.45) is 7.05 Å². The number of nitrogens with zero attached hydrogens (tertiary/aromatic N) is 2. The SMILES string of the molecule is COc1c(C(=O)c2ccc(S(C)(=O)=O)cc2CS(C)(=O)=O)cnn1C. The molecule has 0 atom stereocenters. The molecule has 0 aliphatic heterocycles. The van der Waals surface area contributed by atoms with Gasteiger partial charge in [-0.05, 0) is 23.8 Å². The van der Waals surface area contributed by atoms with E-state index in [1.54, 1.807) is 7.05 Å². The molecule has 0 N–H and O–H groups in total. The predicted octanol–water partition coefficient (Wildman–Crippen LogP) is 0.608. The Morgan fingerprint density at radius 2 is 1.80 bits per heavy atom. The second-order valence-electron chi connectivity index (χ2n) is 5.68. The van der Waals surface area contributed by atoms with Crippen molar-refractivity contribution in [2.75, 3.05) is 19.6 Å². The van der Waals surface area contributed by atoms with Crippen molar-refractivity contribution in [3.05, 3.63) is 41.1 Å². The molecule has 0 amide bonds. The number of aromatic nitrogens is 2. The summed E-state index contributed by atoms with van der Waals surface area (Å²) < 4.78 is 53.4. The van der Waals surface area contributed by atoms with E-state index >= 15 is 0 Å². The zero-order valence-corrected chi connectivity index (χ0v) is 15.8. The molecule has 1 aromatic heterocycles. The largest absolute Gasteiger partial charge is 0.481 e. The highest BCUT2D eigenvalue weighted by Crippen LogP contribution is 2.25. The molecule has 8 nitrogen and oxygen atoms in total. The van der Waals surface area contributed by atoms with E-state index in [4.69, 9.17) is 4.74 Å². The van der Waals surface area contributed by atoms with Gasteiger partial charge in [0, 0.05) is 25.1 Å². The fraction of sp³-hybridized carbons (Fsp3) is 0.333. The van der Waals surface area contributed by atoms with Gasteiger partial charge in [-0.25, -0.2) is 21.5 Å². The number of benzene rings is 1. The van der Waals surface area contributed by atoms with Crippen molar-refractivity contribution in [1.82, 2.24) is 9.78 Å². The zero-order valence-electron chi connectivity index (χ0n) is 14.2. The Kier molecular flexibility index (Phi) is 5.05. The van der Waals surface area contributed by atoms with Crippen molar-refractivity contribution >= 4 is 25.5 Å². The first-order valence-electron chi connectivity index (χ1n) is 7.05. The fourth-order valence-electron chi connectivity index (χ4n) is 2.39. The Bertz CT molecular complexity index is 1040. The number of carbonyl (C=O) groups is 1. The molecule has 0 radical (unpaired) electrons. The topological polar surface area (TPSA) is 112 Å². The molecule has 2 rings (SSSR count). The van der Waals surface area contributed by atoms with Gasteiger partial charge >= 0.3 is 0 Å². The molecule has 0 saturated carbocycles. The van der Waals surface area contributed by atoms with E-state index in [0.29, 0.717) is 0 Å². The van der Waals surface area contributed by atoms with Gasteiger partial charge < -0.3 is 4.74 Å². The monoisotopic (exact) mass is 386 g/mol. The number of methoxy groups -OCH3 is 1. The lowest BCUT2D eigenvalue weighted by molar-refractivity contribution is 0.103. The Labute approximate surface area is 146 Å². The molecule has 25 heavy (non-hydrogen) atoms. The van der Waals surface area contributed by atoms with Crippen LogP contribution >= 0.6 is 0 Å². The van der Waals surface area contributed by atoms with E-state index in [2.05, 4.69) is 5.10 Å². The third-order valence-corrected chi connectivity index (χ3v) is 5.44. The maximum absolute atomic E-state index is 12.8. The smallest absolute Gasteiger partial charge is 0.222 e. The predicted molar refractivity (Wildman–Crippen MR) is 91.3 cm³/mol. The minimum Gasteiger partial charge on any atom is -0.481 e. The number of aryl methyl sites for hydroxylation is 1. The minimum atomic E-state index is -3.54. The number of ketones is 1. The van der Waals surface area contributed by atoms with Crippen molar-refractivity contribution in [2.45, 2.75) is 10.6 Å². The third-order valence-electron chi connectivity index (χ3n) is 3.49. The van der Waals surface area contributed by atoms with Crippen molar-refractivity contribution < 1.29 is 26.4 Å². The number of sulfone groups is 2. The molecule has 0 aliphatic rings. The van der Waals surface area contributed by atoms with E-state index in [-0.39, 0.29) is 27.5 Å². The highest BCUT2D eigenvalue weighted by atomic mass is 32.2. The van der Waals surface area contributed by atoms with E-state index in [0.717, 1.165) is 12.5 Å². The first kappa shape index (κ1) is 19.1. The van der Waals surface area contributed by atoms with Crippen molar-refractivity contribution in [3.8, 4) is 5.88 Å². The van der Waals surface area contributed by atoms with Crippen LogP contribution in [0.2, 0.25) is 0 Å². The normalized spacial score (nSPS) is 12.2. The quantitative estimate of drug-likeness (QED) is 0.668. The average molecular weight is 386 g/mol. The van der Waals surface area contributed by atoms with Crippen LogP contribution in [0.1, 0.15) is 21.5 Å². The third kappa shape index (κ3) is 4.26. The molecular weight excluding hydrogens is 368 g/mol. The Balaban J connectivity index is 2.65. The standard InChI is InChI=1S/C15H18N2O6S2/c1-17-15(23-2)13(8-16-17)14(18)12-6-5-11(25(4,21)22)7-10(12)9-24(3,19)20/h5-8H,9H2,1-4H3. The summed E-state index contributed by atoms with van der Waals surface area (Å²) in [6.45, 7) is 0. The number of carbonyl (C=O) groups excluding carboxylic acids is 1. The van der Waals surface area contributed by atoms with E-state index in [1.807, 2.05) is 0 Å². The molecule has 0 spiro atoms. The van der Waals surface area contributed by atoms with Crippen LogP contribution in [0, 0.1) is 0 Å². The first-order chi connectivity index (χ1) is 11.4. The molecular formula is C15H18N2O6S2. The highest BCUT2D eigenvalue weighted by molar-refractivity contribution is 7.90. The van der Waals surface area contributed by atoms with Crippen molar-refractivity contribution in [1.29, 1.82) is 0 Å². The van der Waals surface area contributed by atoms with Crippen molar-refractivity contribution in [3.63, 3.8) is 0 Å². The molecule has 0 aliphatic carbocycles. The van der Waals surface area contributed by atoms with Crippen LogP contribution in [0.4, 0.5) is 0 Å². The van der Waals surface area contributed by atoms with Crippen LogP contribution in [-0.4, -0.2) is 52.0 Å². The van der Waals surface area contributed by atoms with Gasteiger partial charge in [0.2, 0.25) is 5.88 Å². The summed E-state index contributed by atoms with van der Waals surface area (Å²) in [5, 5.41) is 3.95. The lowest BCUT2D eigenvalue weighted by atomic mass is 10.0. The molecule has 0 fully saturated rings. The van der Waals surface area contributed by atoms with Crippen LogP contribution in [-0.2, 0) is 32.5 Å². The maximum atomic E-state index is 12.8. The summed E-state index contributed by atoms with van der Waals surface area (Å²) in [5.74, 6) is -0.730. The Morgan fingerprint density at radius 1 is 1.16 bits per heavy atom. The summed E-state index contributed by atoms with van der Waals surface area (Å²) in [6, 6.07) is 3.80. The summed E-state index contributed by atoms with van der Waals surface area (Å²) in [7, 11) is -4.05. The molecule has 2 aromatic rings. The summed E-state index contributed by atoms with van der Waals surface area (Å²) >= 11 is 0. The lowest BCUT2D eigenvalue weighted by Gasteiger charge is -2.10. The van der Waals surface area contributed by atoms with Crippen LogP contribution in [0.15, 0.2) is 29.3 Å². The summed E-state index contributed by atoms with van der Waals surface area (Å²) in [4.78, 5) is 12.8. The van der Waals surface area contributed by atoms with Gasteiger partial charge in [0.05, 0.1) is 24.0 Å². The second-order valence-corrected chi connectivity index (χ2v) is 9.84. The molecule has 10 heteroatoms. The van der Waals surface area contributed by atoms with Crippen LogP contribution in [0.25, 0.3) is 0 Å². The summed E-state index contributed by atoms with van der Waals surface area (Å²) in [6.07, 6.45) is 3.34. The Morgan fingerprint density at radius 3 is 2.32 bits per heavy atom. The summed E-state index contributed by atoms with van der Waals surface area (Å²) in [5.41, 5.74) is 0.359. The van der Waals surface area contributed by atoms with Gasteiger partial charge in [-0.1, -0.05) is 0 Å². The van der Waals surface area contributed by atoms with Crippen LogP contribution < -0.4 is 4.74 Å². The van der Waals surface area contributed by atoms with E-state index in [1.165, 1.54) is 36.2 Å². The molecule has 0 bridgehead atoms. The number of rotatable bonds is 6. The number of ether oxygens (including phenoxy) is 1. The molecule has 1 heterocycles. The van der Waals surface area contributed by atoms with Gasteiger partial charge in [-0.2, -0.15) is 5.10 Å². The van der Waals surface area contributed by atoms with Crippen LogP contribution in [0.5, 0.6) is 5.88 Å². The first-order valence-corrected chi connectivity index (χ1v) is 11.0. The van der Waals surface area contributed by atoms with Crippen LogP contribution in [0.3, 0.4) is 0 Å². The van der Waals surface area contributed by atoms with Gasteiger partial charge in [-0.15, -0.1) is 0 Å². The van der Waals surface area contributed by atoms with Gasteiger partial charge in [-0.3, -0.25) is 4.79 Å². The lowest BCUT2D eigenvalue weighted by Crippen LogP contribution is -2.12. The highest BCUT2D eigenvalue weighted by Gasteiger charge is 2.23. The minimum absolute atomic E-state index is 0.0548. The molecule has 136 valence electrons. The number of hydrogen-bond donors (Lipinski definition) is 0.